The van der Waals surface area contributed by atoms with Crippen LogP contribution in [0.15, 0.2) is 36.5 Å². The number of aromatic nitrogens is 1. The second-order valence-electron chi connectivity index (χ2n) is 4.58. The van der Waals surface area contributed by atoms with E-state index in [0.717, 1.165) is 11.3 Å². The first-order valence-electron chi connectivity index (χ1n) is 6.31. The number of rotatable bonds is 5. The summed E-state index contributed by atoms with van der Waals surface area (Å²) >= 11 is 0. The van der Waals surface area contributed by atoms with Crippen LogP contribution in [-0.2, 0) is 6.54 Å². The minimum Gasteiger partial charge on any atom is -0.394 e. The molecule has 3 nitrogen and oxygen atoms in total. The van der Waals surface area contributed by atoms with Crippen molar-refractivity contribution in [3.8, 4) is 0 Å². The van der Waals surface area contributed by atoms with E-state index in [4.69, 9.17) is 0 Å². The molecule has 0 spiro atoms. The molecule has 1 atom stereocenters. The number of hydrogen-bond donors (Lipinski definition) is 2. The first-order valence-corrected chi connectivity index (χ1v) is 6.31. The molecule has 0 bridgehead atoms. The standard InChI is InChI=1S/C15H16F2N2O/c1-10-5-6-11(18-7-10)8-19-14(9-20)15-12(16)3-2-4-13(15)17/h2-7,14,19-20H,8-9H2,1H3. The van der Waals surface area contributed by atoms with Crippen LogP contribution >= 0.6 is 0 Å². The summed E-state index contributed by atoms with van der Waals surface area (Å²) in [5.74, 6) is -1.35. The summed E-state index contributed by atoms with van der Waals surface area (Å²) in [7, 11) is 0. The lowest BCUT2D eigenvalue weighted by Crippen LogP contribution is -2.26. The number of nitrogens with one attached hydrogen (secondary N) is 1. The average Bonchev–Trinajstić information content (AvgIpc) is 2.44. The molecule has 0 aliphatic rings. The number of aliphatic hydroxyl groups excluding tert-OH is 1. The Morgan fingerprint density at radius 1 is 1.20 bits per heavy atom. The van der Waals surface area contributed by atoms with Crippen molar-refractivity contribution in [2.75, 3.05) is 6.61 Å². The summed E-state index contributed by atoms with van der Waals surface area (Å²) in [6, 6.07) is 6.57. The van der Waals surface area contributed by atoms with Crippen LogP contribution in [0.5, 0.6) is 0 Å². The molecule has 1 aromatic carbocycles. The number of aliphatic hydroxyl groups is 1. The molecule has 0 saturated heterocycles. The molecule has 2 N–H and O–H groups in total. The highest BCUT2D eigenvalue weighted by Crippen LogP contribution is 2.20. The van der Waals surface area contributed by atoms with Crippen LogP contribution in [0, 0.1) is 18.6 Å². The van der Waals surface area contributed by atoms with E-state index in [-0.39, 0.29) is 5.56 Å². The fourth-order valence-electron chi connectivity index (χ4n) is 1.93. The number of benzene rings is 1. The highest BCUT2D eigenvalue weighted by atomic mass is 19.1. The van der Waals surface area contributed by atoms with E-state index in [1.54, 1.807) is 6.20 Å². The monoisotopic (exact) mass is 278 g/mol. The summed E-state index contributed by atoms with van der Waals surface area (Å²) in [5.41, 5.74) is 1.63. The second kappa shape index (κ2) is 6.54. The van der Waals surface area contributed by atoms with Crippen molar-refractivity contribution in [2.24, 2.45) is 0 Å². The number of pyridine rings is 1. The van der Waals surface area contributed by atoms with Crippen molar-refractivity contribution in [1.82, 2.24) is 10.3 Å². The van der Waals surface area contributed by atoms with Crippen molar-refractivity contribution in [3.05, 3.63) is 65.0 Å². The first kappa shape index (κ1) is 14.6. The zero-order chi connectivity index (χ0) is 14.5. The van der Waals surface area contributed by atoms with E-state index in [2.05, 4.69) is 10.3 Å². The summed E-state index contributed by atoms with van der Waals surface area (Å²) in [5, 5.41) is 12.2. The third-order valence-corrected chi connectivity index (χ3v) is 3.03. The fourth-order valence-corrected chi connectivity index (χ4v) is 1.93. The van der Waals surface area contributed by atoms with Gasteiger partial charge in [0.1, 0.15) is 11.6 Å². The SMILES string of the molecule is Cc1ccc(CNC(CO)c2c(F)cccc2F)nc1. The van der Waals surface area contributed by atoms with Crippen molar-refractivity contribution in [3.63, 3.8) is 0 Å². The van der Waals surface area contributed by atoms with Crippen LogP contribution < -0.4 is 5.32 Å². The van der Waals surface area contributed by atoms with Gasteiger partial charge in [0, 0.05) is 18.3 Å². The Morgan fingerprint density at radius 2 is 1.90 bits per heavy atom. The third-order valence-electron chi connectivity index (χ3n) is 3.03. The van der Waals surface area contributed by atoms with E-state index >= 15 is 0 Å². The lowest BCUT2D eigenvalue weighted by molar-refractivity contribution is 0.237. The van der Waals surface area contributed by atoms with E-state index in [1.807, 2.05) is 19.1 Å². The van der Waals surface area contributed by atoms with Crippen molar-refractivity contribution >= 4 is 0 Å². The van der Waals surface area contributed by atoms with Crippen LogP contribution in [0.25, 0.3) is 0 Å². The van der Waals surface area contributed by atoms with Gasteiger partial charge >= 0.3 is 0 Å². The smallest absolute Gasteiger partial charge is 0.131 e. The highest BCUT2D eigenvalue weighted by molar-refractivity contribution is 5.23. The van der Waals surface area contributed by atoms with E-state index in [9.17, 15) is 13.9 Å². The zero-order valence-electron chi connectivity index (χ0n) is 11.1. The van der Waals surface area contributed by atoms with Crippen LogP contribution in [0.4, 0.5) is 8.78 Å². The van der Waals surface area contributed by atoms with Gasteiger partial charge in [-0.1, -0.05) is 12.1 Å². The van der Waals surface area contributed by atoms with Crippen molar-refractivity contribution in [1.29, 1.82) is 0 Å². The van der Waals surface area contributed by atoms with Gasteiger partial charge in [0.2, 0.25) is 0 Å². The molecule has 20 heavy (non-hydrogen) atoms. The lowest BCUT2D eigenvalue weighted by atomic mass is 10.1. The highest BCUT2D eigenvalue weighted by Gasteiger charge is 2.18. The second-order valence-corrected chi connectivity index (χ2v) is 4.58. The maximum Gasteiger partial charge on any atom is 0.131 e. The molecule has 0 amide bonds. The number of hydrogen-bond acceptors (Lipinski definition) is 3. The zero-order valence-corrected chi connectivity index (χ0v) is 11.1. The fraction of sp³-hybridized carbons (Fsp3) is 0.267. The molecule has 1 heterocycles. The molecular weight excluding hydrogens is 262 g/mol. The predicted molar refractivity (Wildman–Crippen MR) is 72.0 cm³/mol. The van der Waals surface area contributed by atoms with E-state index in [1.165, 1.54) is 18.2 Å². The van der Waals surface area contributed by atoms with Gasteiger partial charge in [-0.25, -0.2) is 8.78 Å². The Bertz CT molecular complexity index is 552. The molecule has 0 saturated carbocycles. The van der Waals surface area contributed by atoms with Crippen molar-refractivity contribution < 1.29 is 13.9 Å². The molecule has 0 fully saturated rings. The van der Waals surface area contributed by atoms with Crippen LogP contribution in [0.2, 0.25) is 0 Å². The molecule has 106 valence electrons. The van der Waals surface area contributed by atoms with Gasteiger partial charge in [0.05, 0.1) is 18.3 Å². The predicted octanol–water partition coefficient (Wildman–Crippen LogP) is 2.49. The normalized spacial score (nSPS) is 12.4. The maximum absolute atomic E-state index is 13.7. The maximum atomic E-state index is 13.7. The molecule has 0 aliphatic carbocycles. The molecule has 0 radical (unpaired) electrons. The number of halogens is 2. The molecule has 2 rings (SSSR count). The Labute approximate surface area is 116 Å². The minimum absolute atomic E-state index is 0.151. The summed E-state index contributed by atoms with van der Waals surface area (Å²) < 4.78 is 27.3. The van der Waals surface area contributed by atoms with E-state index < -0.39 is 24.3 Å². The minimum atomic E-state index is -0.806. The molecule has 0 aliphatic heterocycles. The van der Waals surface area contributed by atoms with Crippen LogP contribution in [-0.4, -0.2) is 16.7 Å². The molecule has 1 aromatic heterocycles. The molecular formula is C15H16F2N2O. The summed E-state index contributed by atoms with van der Waals surface area (Å²) in [6.07, 6.45) is 1.72. The largest absolute Gasteiger partial charge is 0.394 e. The Hall–Kier alpha value is -1.85. The lowest BCUT2D eigenvalue weighted by Gasteiger charge is -2.17. The van der Waals surface area contributed by atoms with Crippen LogP contribution in [0.1, 0.15) is 22.9 Å². The van der Waals surface area contributed by atoms with Crippen LogP contribution in [0.3, 0.4) is 0 Å². The first-order chi connectivity index (χ1) is 9.61. The third kappa shape index (κ3) is 3.37. The Balaban J connectivity index is 2.11. The van der Waals surface area contributed by atoms with Gasteiger partial charge in [0.25, 0.3) is 0 Å². The van der Waals surface area contributed by atoms with Gasteiger partial charge in [0.15, 0.2) is 0 Å². The Kier molecular flexibility index (Phi) is 4.76. The van der Waals surface area contributed by atoms with Gasteiger partial charge in [-0.15, -0.1) is 0 Å². The summed E-state index contributed by atoms with van der Waals surface area (Å²) in [6.45, 7) is 1.85. The molecule has 2 aromatic rings. The van der Waals surface area contributed by atoms with Gasteiger partial charge in [-0.2, -0.15) is 0 Å². The average molecular weight is 278 g/mol. The van der Waals surface area contributed by atoms with E-state index in [0.29, 0.717) is 6.54 Å². The Morgan fingerprint density at radius 3 is 2.45 bits per heavy atom. The molecule has 5 heteroatoms. The topological polar surface area (TPSA) is 45.1 Å². The van der Waals surface area contributed by atoms with Gasteiger partial charge < -0.3 is 10.4 Å². The van der Waals surface area contributed by atoms with Crippen molar-refractivity contribution in [2.45, 2.75) is 19.5 Å². The number of nitrogens with zero attached hydrogens (tertiary/aromatic N) is 1. The van der Waals surface area contributed by atoms with Gasteiger partial charge in [-0.05, 0) is 30.7 Å². The molecule has 1 unspecified atom stereocenters. The quantitative estimate of drug-likeness (QED) is 0.883. The summed E-state index contributed by atoms with van der Waals surface area (Å²) in [4.78, 5) is 4.19. The number of aryl methyl sites for hydroxylation is 1. The van der Waals surface area contributed by atoms with Gasteiger partial charge in [-0.3, -0.25) is 4.98 Å².